The van der Waals surface area contributed by atoms with Crippen LogP contribution < -0.4 is 15.0 Å². The number of fused-ring (bicyclic) bond motifs is 1. The number of hydrogen-bond acceptors (Lipinski definition) is 9. The van der Waals surface area contributed by atoms with E-state index in [1.165, 1.54) is 11.3 Å². The first-order valence-electron chi connectivity index (χ1n) is 11.8. The van der Waals surface area contributed by atoms with Gasteiger partial charge in [0.25, 0.3) is 5.91 Å². The molecule has 1 aromatic carbocycles. The van der Waals surface area contributed by atoms with E-state index in [2.05, 4.69) is 31.2 Å². The van der Waals surface area contributed by atoms with Crippen LogP contribution in [0.25, 0.3) is 21.6 Å². The second kappa shape index (κ2) is 8.94. The Morgan fingerprint density at radius 2 is 2.03 bits per heavy atom. The molecule has 9 nitrogen and oxygen atoms in total. The molecule has 0 bridgehead atoms. The summed E-state index contributed by atoms with van der Waals surface area (Å²) in [6.07, 6.45) is 5.18. The molecule has 1 saturated heterocycles. The maximum absolute atomic E-state index is 13.3. The first-order valence-corrected chi connectivity index (χ1v) is 13.0. The summed E-state index contributed by atoms with van der Waals surface area (Å²) in [5, 5.41) is 12.9. The van der Waals surface area contributed by atoms with Crippen molar-refractivity contribution in [3.63, 3.8) is 0 Å². The Kier molecular flexibility index (Phi) is 5.70. The summed E-state index contributed by atoms with van der Waals surface area (Å²) in [5.74, 6) is 1.22. The zero-order valence-corrected chi connectivity index (χ0v) is 21.7. The third kappa shape index (κ3) is 4.24. The van der Waals surface area contributed by atoms with Gasteiger partial charge in [-0.15, -0.1) is 0 Å². The zero-order chi connectivity index (χ0) is 25.7. The Morgan fingerprint density at radius 3 is 2.78 bits per heavy atom. The first kappa shape index (κ1) is 23.6. The summed E-state index contributed by atoms with van der Waals surface area (Å²) < 4.78 is 5.51. The lowest BCUT2D eigenvalue weighted by molar-refractivity contribution is 0.0512. The van der Waals surface area contributed by atoms with E-state index in [-0.39, 0.29) is 17.2 Å². The number of aryl methyl sites for hydroxylation is 1. The van der Waals surface area contributed by atoms with Crippen molar-refractivity contribution in [3.8, 4) is 22.9 Å². The fourth-order valence-corrected chi connectivity index (χ4v) is 6.16. The van der Waals surface area contributed by atoms with Gasteiger partial charge in [0.2, 0.25) is 0 Å². The number of halogens is 1. The highest BCUT2D eigenvalue weighted by atomic mass is 35.5. The number of carbonyl (C=O) groups excluding carboxylic acids is 1. The average Bonchev–Trinajstić information content (AvgIpc) is 3.24. The van der Waals surface area contributed by atoms with Gasteiger partial charge in [0.15, 0.2) is 15.6 Å². The van der Waals surface area contributed by atoms with Crippen LogP contribution in [0.3, 0.4) is 0 Å². The van der Waals surface area contributed by atoms with Crippen molar-refractivity contribution in [2.45, 2.75) is 19.8 Å². The predicted octanol–water partition coefficient (Wildman–Crippen LogP) is 5.11. The number of thiazole rings is 1. The van der Waals surface area contributed by atoms with Crippen molar-refractivity contribution in [1.29, 1.82) is 5.26 Å². The number of nitrogens with zero attached hydrogens (tertiary/aromatic N) is 6. The third-order valence-electron chi connectivity index (χ3n) is 6.99. The summed E-state index contributed by atoms with van der Waals surface area (Å²) in [4.78, 5) is 34.2. The number of pyridine rings is 1. The van der Waals surface area contributed by atoms with E-state index in [1.807, 2.05) is 13.0 Å². The molecular weight excluding hydrogens is 510 g/mol. The van der Waals surface area contributed by atoms with Crippen LogP contribution in [0.5, 0.6) is 5.75 Å². The van der Waals surface area contributed by atoms with Crippen molar-refractivity contribution in [3.05, 3.63) is 52.9 Å². The number of anilines is 2. The minimum atomic E-state index is -0.356. The Bertz CT molecular complexity index is 1580. The van der Waals surface area contributed by atoms with Crippen LogP contribution >= 0.6 is 22.9 Å². The van der Waals surface area contributed by atoms with Crippen LogP contribution in [0.4, 0.5) is 10.9 Å². The monoisotopic (exact) mass is 531 g/mol. The van der Waals surface area contributed by atoms with Crippen LogP contribution in [-0.2, 0) is 0 Å². The molecule has 1 saturated carbocycles. The molecule has 1 spiro atoms. The van der Waals surface area contributed by atoms with Crippen molar-refractivity contribution < 1.29 is 9.53 Å². The molecule has 11 heteroatoms. The molecule has 0 unspecified atom stereocenters. The molecule has 1 aliphatic heterocycles. The summed E-state index contributed by atoms with van der Waals surface area (Å²) in [6, 6.07) is 9.46. The molecule has 37 heavy (non-hydrogen) atoms. The van der Waals surface area contributed by atoms with Crippen LogP contribution in [0, 0.1) is 29.6 Å². The van der Waals surface area contributed by atoms with Crippen molar-refractivity contribution in [1.82, 2.24) is 19.9 Å². The predicted molar refractivity (Wildman–Crippen MR) is 142 cm³/mol. The Morgan fingerprint density at radius 1 is 1.22 bits per heavy atom. The largest absolute Gasteiger partial charge is 0.496 e. The molecule has 2 fully saturated rings. The highest BCUT2D eigenvalue weighted by Crippen LogP contribution is 2.52. The van der Waals surface area contributed by atoms with E-state index in [4.69, 9.17) is 26.6 Å². The van der Waals surface area contributed by atoms with Gasteiger partial charge in [-0.2, -0.15) is 10.2 Å². The lowest BCUT2D eigenvalue weighted by atomic mass is 9.58. The standard InChI is InChI=1S/C26H22ClN7O2S/c1-14-5-17(18-6-16(27)3-4-20(18)36-2)19(10-29-14)23(35)33-25-32-22-24(37-25)31-21(11-30-22)34-12-26(13-34)7-15(8-26)9-28/h3-6,10-11,15H,7-8,12-13H2,1-2H3,(H,30,32,33,35). The Balaban J connectivity index is 1.23. The lowest BCUT2D eigenvalue weighted by Crippen LogP contribution is -2.62. The summed E-state index contributed by atoms with van der Waals surface area (Å²) in [5.41, 5.74) is 3.22. The second-order valence-electron chi connectivity index (χ2n) is 9.64. The summed E-state index contributed by atoms with van der Waals surface area (Å²) in [6.45, 7) is 3.64. The minimum Gasteiger partial charge on any atom is -0.496 e. The number of amides is 1. The molecule has 3 aromatic heterocycles. The summed E-state index contributed by atoms with van der Waals surface area (Å²) in [7, 11) is 1.57. The second-order valence-corrected chi connectivity index (χ2v) is 11.1. The Labute approximate surface area is 222 Å². The molecule has 0 radical (unpaired) electrons. The number of benzene rings is 1. The van der Waals surface area contributed by atoms with Crippen molar-refractivity contribution in [2.24, 2.45) is 11.3 Å². The van der Waals surface area contributed by atoms with Crippen LogP contribution in [0.15, 0.2) is 36.7 Å². The van der Waals surface area contributed by atoms with Gasteiger partial charge in [0, 0.05) is 52.5 Å². The SMILES string of the molecule is COc1ccc(Cl)cc1-c1cc(C)ncc1C(=O)Nc1nc2ncc(N3CC4(CC(C#N)C4)C3)nc2s1. The number of nitrogens with one attached hydrogen (secondary N) is 1. The van der Waals surface area contributed by atoms with Gasteiger partial charge in [0.05, 0.1) is 24.9 Å². The zero-order valence-electron chi connectivity index (χ0n) is 20.2. The molecule has 0 atom stereocenters. The topological polar surface area (TPSA) is 117 Å². The van der Waals surface area contributed by atoms with E-state index >= 15 is 0 Å². The van der Waals surface area contributed by atoms with Gasteiger partial charge in [-0.25, -0.2) is 9.97 Å². The van der Waals surface area contributed by atoms with Crippen LogP contribution in [0.1, 0.15) is 28.9 Å². The maximum atomic E-state index is 13.3. The van der Waals surface area contributed by atoms with Gasteiger partial charge in [-0.05, 0) is 44.0 Å². The molecule has 4 heterocycles. The van der Waals surface area contributed by atoms with Gasteiger partial charge in [0.1, 0.15) is 11.6 Å². The van der Waals surface area contributed by atoms with Gasteiger partial charge in [-0.3, -0.25) is 15.1 Å². The number of carbonyl (C=O) groups is 1. The molecular formula is C26H22ClN7O2S. The van der Waals surface area contributed by atoms with Crippen molar-refractivity contribution >= 4 is 50.3 Å². The lowest BCUT2D eigenvalue weighted by Gasteiger charge is -2.57. The quantitative estimate of drug-likeness (QED) is 0.377. The van der Waals surface area contributed by atoms with E-state index < -0.39 is 0 Å². The van der Waals surface area contributed by atoms with Crippen molar-refractivity contribution in [2.75, 3.05) is 30.4 Å². The van der Waals surface area contributed by atoms with Gasteiger partial charge < -0.3 is 9.64 Å². The number of nitriles is 1. The molecule has 1 N–H and O–H groups in total. The van der Waals surface area contributed by atoms with Gasteiger partial charge >= 0.3 is 0 Å². The molecule has 6 rings (SSSR count). The van der Waals surface area contributed by atoms with Crippen LogP contribution in [0.2, 0.25) is 5.02 Å². The normalized spacial score (nSPS) is 16.2. The van der Waals surface area contributed by atoms with Gasteiger partial charge in [-0.1, -0.05) is 22.9 Å². The van der Waals surface area contributed by atoms with E-state index in [1.54, 1.807) is 37.7 Å². The minimum absolute atomic E-state index is 0.188. The number of methoxy groups -OCH3 is 1. The number of rotatable bonds is 5. The molecule has 1 aliphatic carbocycles. The number of hydrogen-bond donors (Lipinski definition) is 1. The number of aromatic nitrogens is 4. The highest BCUT2D eigenvalue weighted by molar-refractivity contribution is 7.21. The average molecular weight is 532 g/mol. The third-order valence-corrected chi connectivity index (χ3v) is 8.07. The summed E-state index contributed by atoms with van der Waals surface area (Å²) >= 11 is 7.52. The Hall–Kier alpha value is -3.81. The van der Waals surface area contributed by atoms with E-state index in [9.17, 15) is 4.79 Å². The molecule has 2 aliphatic rings. The first-order chi connectivity index (χ1) is 17.9. The van der Waals surface area contributed by atoms with Crippen LogP contribution in [-0.4, -0.2) is 46.0 Å². The fraction of sp³-hybridized carbons (Fsp3) is 0.308. The maximum Gasteiger partial charge on any atom is 0.259 e. The van der Waals surface area contributed by atoms with E-state index in [0.29, 0.717) is 43.1 Å². The fourth-order valence-electron chi connectivity index (χ4n) is 5.20. The van der Waals surface area contributed by atoms with E-state index in [0.717, 1.165) is 37.4 Å². The number of ether oxygens (including phenoxy) is 1. The molecule has 186 valence electrons. The highest BCUT2D eigenvalue weighted by Gasteiger charge is 2.52. The smallest absolute Gasteiger partial charge is 0.259 e. The molecule has 1 amide bonds. The molecule has 4 aromatic rings.